The molecule has 3 atom stereocenters. The van der Waals surface area contributed by atoms with E-state index in [2.05, 4.69) is 4.90 Å². The molecule has 3 aliphatic rings. The number of likely N-dealkylation sites (tertiary alicyclic amines) is 1. The molecule has 2 saturated heterocycles. The fraction of sp³-hybridized carbons (Fsp3) is 1.00. The smallest absolute Gasteiger partial charge is 0.0513 e. The van der Waals surface area contributed by atoms with Crippen LogP contribution in [0.2, 0.25) is 0 Å². The van der Waals surface area contributed by atoms with Crippen molar-refractivity contribution in [2.75, 3.05) is 32.9 Å². The molecule has 2 heterocycles. The number of fused-ring (bicyclic) bond motifs is 1. The molecular formula is C11H19NO2. The van der Waals surface area contributed by atoms with Crippen molar-refractivity contribution < 1.29 is 9.84 Å². The van der Waals surface area contributed by atoms with E-state index < -0.39 is 0 Å². The minimum absolute atomic E-state index is 0.370. The van der Waals surface area contributed by atoms with E-state index in [1.807, 2.05) is 0 Å². The van der Waals surface area contributed by atoms with Gasteiger partial charge in [-0.25, -0.2) is 0 Å². The fourth-order valence-electron chi connectivity index (χ4n) is 3.27. The standard InChI is InChI=1S/C11H19NO2/c13-5-8-2-1-3-12(4-8)11-9-6-14-7-10(9)11/h8-11,13H,1-7H2. The molecule has 3 nitrogen and oxygen atoms in total. The van der Waals surface area contributed by atoms with Crippen LogP contribution in [-0.4, -0.2) is 49.0 Å². The van der Waals surface area contributed by atoms with Crippen LogP contribution in [0.25, 0.3) is 0 Å². The first-order valence-electron chi connectivity index (χ1n) is 5.83. The highest BCUT2D eigenvalue weighted by atomic mass is 16.5. The molecule has 1 N–H and O–H groups in total. The number of aliphatic hydroxyl groups excluding tert-OH is 1. The summed E-state index contributed by atoms with van der Waals surface area (Å²) in [4.78, 5) is 2.60. The molecule has 0 aromatic rings. The zero-order chi connectivity index (χ0) is 9.54. The maximum atomic E-state index is 9.16. The quantitative estimate of drug-likeness (QED) is 0.692. The Bertz CT molecular complexity index is 211. The normalized spacial score (nSPS) is 47.8. The van der Waals surface area contributed by atoms with Crippen LogP contribution in [0.3, 0.4) is 0 Å². The summed E-state index contributed by atoms with van der Waals surface area (Å²) >= 11 is 0. The van der Waals surface area contributed by atoms with Crippen LogP contribution in [0.5, 0.6) is 0 Å². The number of rotatable bonds is 2. The van der Waals surface area contributed by atoms with E-state index in [-0.39, 0.29) is 0 Å². The van der Waals surface area contributed by atoms with Gasteiger partial charge < -0.3 is 9.84 Å². The van der Waals surface area contributed by atoms with Gasteiger partial charge in [-0.2, -0.15) is 0 Å². The second-order valence-electron chi connectivity index (χ2n) is 5.04. The number of piperidine rings is 1. The molecule has 2 aliphatic heterocycles. The van der Waals surface area contributed by atoms with Crippen molar-refractivity contribution in [3.05, 3.63) is 0 Å². The molecule has 0 radical (unpaired) electrons. The molecule has 1 saturated carbocycles. The lowest BCUT2D eigenvalue weighted by Crippen LogP contribution is -2.40. The first-order chi connectivity index (χ1) is 6.90. The molecule has 3 unspecified atom stereocenters. The molecule has 14 heavy (non-hydrogen) atoms. The summed E-state index contributed by atoms with van der Waals surface area (Å²) in [6.07, 6.45) is 2.48. The molecule has 3 heteroatoms. The van der Waals surface area contributed by atoms with Gasteiger partial charge in [-0.15, -0.1) is 0 Å². The Kier molecular flexibility index (Phi) is 2.26. The van der Waals surface area contributed by atoms with Gasteiger partial charge in [0.05, 0.1) is 13.2 Å². The number of hydrogen-bond acceptors (Lipinski definition) is 3. The lowest BCUT2D eigenvalue weighted by Gasteiger charge is -2.33. The highest BCUT2D eigenvalue weighted by molar-refractivity contribution is 5.07. The van der Waals surface area contributed by atoms with Gasteiger partial charge in [0.1, 0.15) is 0 Å². The largest absolute Gasteiger partial charge is 0.396 e. The van der Waals surface area contributed by atoms with Gasteiger partial charge in [-0.1, -0.05) is 0 Å². The maximum Gasteiger partial charge on any atom is 0.0513 e. The lowest BCUT2D eigenvalue weighted by molar-refractivity contribution is 0.0787. The van der Waals surface area contributed by atoms with Crippen molar-refractivity contribution in [2.45, 2.75) is 18.9 Å². The summed E-state index contributed by atoms with van der Waals surface area (Å²) in [6, 6.07) is 0.804. The average molecular weight is 197 g/mol. The second kappa shape index (κ2) is 3.47. The molecule has 0 aromatic heterocycles. The van der Waals surface area contributed by atoms with Crippen LogP contribution < -0.4 is 0 Å². The van der Waals surface area contributed by atoms with E-state index >= 15 is 0 Å². The third-order valence-corrected chi connectivity index (χ3v) is 4.14. The Balaban J connectivity index is 1.58. The van der Waals surface area contributed by atoms with Crippen LogP contribution >= 0.6 is 0 Å². The summed E-state index contributed by atoms with van der Waals surface area (Å²) in [6.45, 7) is 4.70. The minimum atomic E-state index is 0.370. The van der Waals surface area contributed by atoms with Crippen molar-refractivity contribution >= 4 is 0 Å². The first-order valence-corrected chi connectivity index (χ1v) is 5.83. The molecule has 0 aromatic carbocycles. The number of aliphatic hydroxyl groups is 1. The molecule has 0 bridgehead atoms. The molecule has 0 spiro atoms. The molecule has 80 valence electrons. The van der Waals surface area contributed by atoms with Crippen LogP contribution in [0.1, 0.15) is 12.8 Å². The summed E-state index contributed by atoms with van der Waals surface area (Å²) in [7, 11) is 0. The van der Waals surface area contributed by atoms with E-state index in [1.54, 1.807) is 0 Å². The van der Waals surface area contributed by atoms with Gasteiger partial charge in [0.25, 0.3) is 0 Å². The van der Waals surface area contributed by atoms with Crippen LogP contribution in [0.4, 0.5) is 0 Å². The van der Waals surface area contributed by atoms with Crippen LogP contribution in [0, 0.1) is 17.8 Å². The highest BCUT2D eigenvalue weighted by Crippen LogP contribution is 2.48. The van der Waals surface area contributed by atoms with Crippen LogP contribution in [0.15, 0.2) is 0 Å². The van der Waals surface area contributed by atoms with Crippen molar-refractivity contribution in [2.24, 2.45) is 17.8 Å². The zero-order valence-corrected chi connectivity index (χ0v) is 8.56. The average Bonchev–Trinajstić information content (AvgIpc) is 2.73. The number of ether oxygens (including phenoxy) is 1. The van der Waals surface area contributed by atoms with Crippen molar-refractivity contribution in [3.63, 3.8) is 0 Å². The van der Waals surface area contributed by atoms with Gasteiger partial charge in [-0.3, -0.25) is 4.90 Å². The first kappa shape index (κ1) is 9.13. The van der Waals surface area contributed by atoms with Gasteiger partial charge in [0.15, 0.2) is 0 Å². The molecule has 3 fully saturated rings. The molecule has 1 aliphatic carbocycles. The van der Waals surface area contributed by atoms with Gasteiger partial charge in [0.2, 0.25) is 0 Å². The van der Waals surface area contributed by atoms with Gasteiger partial charge in [-0.05, 0) is 25.3 Å². The summed E-state index contributed by atoms with van der Waals surface area (Å²) < 4.78 is 5.40. The van der Waals surface area contributed by atoms with E-state index in [1.165, 1.54) is 19.4 Å². The van der Waals surface area contributed by atoms with E-state index in [4.69, 9.17) is 9.84 Å². The summed E-state index contributed by atoms with van der Waals surface area (Å²) in [5.74, 6) is 2.19. The Morgan fingerprint density at radius 2 is 2.07 bits per heavy atom. The van der Waals surface area contributed by atoms with Crippen LogP contribution in [-0.2, 0) is 4.74 Å². The number of hydrogen-bond donors (Lipinski definition) is 1. The Hall–Kier alpha value is -0.120. The molecule has 0 amide bonds. The summed E-state index contributed by atoms with van der Waals surface area (Å²) in [5.41, 5.74) is 0. The van der Waals surface area contributed by atoms with Crippen molar-refractivity contribution in [3.8, 4) is 0 Å². The maximum absolute atomic E-state index is 9.16. The van der Waals surface area contributed by atoms with Gasteiger partial charge in [0, 0.05) is 31.0 Å². The summed E-state index contributed by atoms with van der Waals surface area (Å²) in [5, 5.41) is 9.16. The minimum Gasteiger partial charge on any atom is -0.396 e. The molecular weight excluding hydrogens is 178 g/mol. The Morgan fingerprint density at radius 1 is 1.29 bits per heavy atom. The lowest BCUT2D eigenvalue weighted by atomic mass is 9.99. The number of nitrogens with zero attached hydrogens (tertiary/aromatic N) is 1. The highest BCUT2D eigenvalue weighted by Gasteiger charge is 2.56. The van der Waals surface area contributed by atoms with E-state index in [9.17, 15) is 0 Å². The SMILES string of the molecule is OCC1CCCN(C2C3COCC32)C1. The zero-order valence-electron chi connectivity index (χ0n) is 8.56. The fourth-order valence-corrected chi connectivity index (χ4v) is 3.27. The monoisotopic (exact) mass is 197 g/mol. The van der Waals surface area contributed by atoms with Crippen molar-refractivity contribution in [1.82, 2.24) is 4.90 Å². The van der Waals surface area contributed by atoms with Crippen molar-refractivity contribution in [1.29, 1.82) is 0 Å². The second-order valence-corrected chi connectivity index (χ2v) is 5.04. The Morgan fingerprint density at radius 3 is 2.79 bits per heavy atom. The van der Waals surface area contributed by atoms with E-state index in [0.717, 1.165) is 37.6 Å². The topological polar surface area (TPSA) is 32.7 Å². The predicted octanol–water partition coefficient (Wildman–Crippen LogP) is 0.335. The third-order valence-electron chi connectivity index (χ3n) is 4.14. The van der Waals surface area contributed by atoms with E-state index in [0.29, 0.717) is 12.5 Å². The van der Waals surface area contributed by atoms with Gasteiger partial charge >= 0.3 is 0 Å². The molecule has 3 rings (SSSR count). The third kappa shape index (κ3) is 1.38. The Labute approximate surface area is 85.0 Å². The predicted molar refractivity (Wildman–Crippen MR) is 53.0 cm³/mol.